The normalized spacial score (nSPS) is 17.7. The molecule has 0 bridgehead atoms. The number of terminal acetylenes is 1. The molecule has 1 saturated carbocycles. The van der Waals surface area contributed by atoms with Gasteiger partial charge in [-0.2, -0.15) is 0 Å². The van der Waals surface area contributed by atoms with Crippen LogP contribution in [-0.4, -0.2) is 12.1 Å². The van der Waals surface area contributed by atoms with Gasteiger partial charge in [0.1, 0.15) is 0 Å². The maximum absolute atomic E-state index is 11.2. The zero-order valence-electron chi connectivity index (χ0n) is 7.88. The van der Waals surface area contributed by atoms with Crippen LogP contribution in [-0.2, 0) is 9.53 Å². The molecule has 0 heterocycles. The molecule has 1 atom stereocenters. The highest BCUT2D eigenvalue weighted by atomic mass is 16.5. The van der Waals surface area contributed by atoms with Crippen LogP contribution in [0.5, 0.6) is 0 Å². The Balaban J connectivity index is 2.41. The van der Waals surface area contributed by atoms with E-state index in [0.717, 1.165) is 12.8 Å². The van der Waals surface area contributed by atoms with Crippen molar-refractivity contribution in [3.63, 3.8) is 0 Å². The van der Waals surface area contributed by atoms with E-state index in [-0.39, 0.29) is 5.97 Å². The van der Waals surface area contributed by atoms with Gasteiger partial charge in [0.2, 0.25) is 0 Å². The molecule has 13 heavy (non-hydrogen) atoms. The summed E-state index contributed by atoms with van der Waals surface area (Å²) in [6.45, 7) is 1.69. The lowest BCUT2D eigenvalue weighted by atomic mass is 10.2. The van der Waals surface area contributed by atoms with E-state index in [9.17, 15) is 4.79 Å². The molecule has 1 aliphatic rings. The number of carbonyl (C=O) groups excluding carboxylic acids is 1. The minimum Gasteiger partial charge on any atom is -0.446 e. The Bertz CT molecular complexity index is 250. The highest BCUT2D eigenvalue weighted by Crippen LogP contribution is 2.23. The molecule has 0 aromatic rings. The average molecular weight is 178 g/mol. The van der Waals surface area contributed by atoms with Gasteiger partial charge in [0.05, 0.1) is 0 Å². The highest BCUT2D eigenvalue weighted by molar-refractivity contribution is 5.83. The molecule has 0 aliphatic heterocycles. The SMILES string of the molecule is C#CC(C)OC(=O)C=C1CCCC1. The summed E-state index contributed by atoms with van der Waals surface area (Å²) in [6.07, 6.45) is 10.7. The van der Waals surface area contributed by atoms with E-state index in [2.05, 4.69) is 5.92 Å². The summed E-state index contributed by atoms with van der Waals surface area (Å²) in [5.74, 6) is 2.05. The maximum atomic E-state index is 11.2. The van der Waals surface area contributed by atoms with Crippen molar-refractivity contribution in [2.24, 2.45) is 0 Å². The monoisotopic (exact) mass is 178 g/mol. The van der Waals surface area contributed by atoms with E-state index < -0.39 is 6.10 Å². The Morgan fingerprint density at radius 2 is 2.23 bits per heavy atom. The molecule has 2 heteroatoms. The van der Waals surface area contributed by atoms with Gasteiger partial charge in [-0.1, -0.05) is 11.5 Å². The Morgan fingerprint density at radius 1 is 1.62 bits per heavy atom. The Hall–Kier alpha value is -1.23. The number of rotatable bonds is 2. The van der Waals surface area contributed by atoms with Gasteiger partial charge in [0, 0.05) is 6.08 Å². The summed E-state index contributed by atoms with van der Waals surface area (Å²) in [5.41, 5.74) is 1.19. The molecule has 0 amide bonds. The number of allylic oxidation sites excluding steroid dienone is 1. The lowest BCUT2D eigenvalue weighted by Gasteiger charge is -2.04. The van der Waals surface area contributed by atoms with Crippen LogP contribution in [0, 0.1) is 12.3 Å². The van der Waals surface area contributed by atoms with Gasteiger partial charge in [-0.15, -0.1) is 6.42 Å². The summed E-state index contributed by atoms with van der Waals surface area (Å²) in [6, 6.07) is 0. The van der Waals surface area contributed by atoms with Crippen molar-refractivity contribution < 1.29 is 9.53 Å². The number of esters is 1. The van der Waals surface area contributed by atoms with Crippen molar-refractivity contribution in [2.45, 2.75) is 38.7 Å². The number of hydrogen-bond donors (Lipinski definition) is 0. The summed E-state index contributed by atoms with van der Waals surface area (Å²) in [5, 5.41) is 0. The van der Waals surface area contributed by atoms with Gasteiger partial charge in [-0.05, 0) is 32.6 Å². The molecular weight excluding hydrogens is 164 g/mol. The third-order valence-corrected chi connectivity index (χ3v) is 2.10. The number of hydrogen-bond acceptors (Lipinski definition) is 2. The number of carbonyl (C=O) groups is 1. The van der Waals surface area contributed by atoms with Gasteiger partial charge in [-0.25, -0.2) is 4.79 Å². The van der Waals surface area contributed by atoms with Gasteiger partial charge in [0.25, 0.3) is 0 Å². The van der Waals surface area contributed by atoms with E-state index >= 15 is 0 Å². The molecule has 0 aromatic heterocycles. The summed E-state index contributed by atoms with van der Waals surface area (Å²) in [7, 11) is 0. The molecule has 2 nitrogen and oxygen atoms in total. The van der Waals surface area contributed by atoms with E-state index in [1.165, 1.54) is 18.4 Å². The minimum absolute atomic E-state index is 0.303. The first-order valence-corrected chi connectivity index (χ1v) is 4.58. The fourth-order valence-corrected chi connectivity index (χ4v) is 1.38. The van der Waals surface area contributed by atoms with Gasteiger partial charge >= 0.3 is 5.97 Å². The smallest absolute Gasteiger partial charge is 0.331 e. The fourth-order valence-electron chi connectivity index (χ4n) is 1.38. The van der Waals surface area contributed by atoms with Crippen molar-refractivity contribution in [1.29, 1.82) is 0 Å². The molecule has 1 aliphatic carbocycles. The molecule has 1 rings (SSSR count). The largest absolute Gasteiger partial charge is 0.446 e. The minimum atomic E-state index is -0.425. The van der Waals surface area contributed by atoms with Crippen LogP contribution in [0.4, 0.5) is 0 Å². The van der Waals surface area contributed by atoms with Crippen molar-refractivity contribution in [3.8, 4) is 12.3 Å². The second-order valence-electron chi connectivity index (χ2n) is 3.26. The highest BCUT2D eigenvalue weighted by Gasteiger charge is 2.10. The molecular formula is C11H14O2. The van der Waals surface area contributed by atoms with Crippen LogP contribution < -0.4 is 0 Å². The predicted octanol–water partition coefficient (Wildman–Crippen LogP) is 2.05. The Morgan fingerprint density at radius 3 is 2.77 bits per heavy atom. The molecule has 0 aromatic carbocycles. The lowest BCUT2D eigenvalue weighted by Crippen LogP contribution is -2.10. The van der Waals surface area contributed by atoms with Crippen LogP contribution in [0.2, 0.25) is 0 Å². The third-order valence-electron chi connectivity index (χ3n) is 2.10. The molecule has 70 valence electrons. The summed E-state index contributed by atoms with van der Waals surface area (Å²) < 4.78 is 4.91. The first-order chi connectivity index (χ1) is 6.22. The zero-order valence-corrected chi connectivity index (χ0v) is 7.88. The molecule has 0 saturated heterocycles. The van der Waals surface area contributed by atoms with Crippen molar-refractivity contribution >= 4 is 5.97 Å². The predicted molar refractivity (Wildman–Crippen MR) is 50.9 cm³/mol. The van der Waals surface area contributed by atoms with E-state index in [1.54, 1.807) is 13.0 Å². The van der Waals surface area contributed by atoms with Crippen LogP contribution in [0.25, 0.3) is 0 Å². The first-order valence-electron chi connectivity index (χ1n) is 4.58. The Kier molecular flexibility index (Phi) is 3.57. The third kappa shape index (κ3) is 3.33. The van der Waals surface area contributed by atoms with Crippen LogP contribution in [0.3, 0.4) is 0 Å². The van der Waals surface area contributed by atoms with Crippen molar-refractivity contribution in [2.75, 3.05) is 0 Å². The molecule has 1 unspecified atom stereocenters. The first kappa shape index (κ1) is 9.85. The van der Waals surface area contributed by atoms with Crippen LogP contribution in [0.15, 0.2) is 11.6 Å². The van der Waals surface area contributed by atoms with Crippen molar-refractivity contribution in [3.05, 3.63) is 11.6 Å². The van der Waals surface area contributed by atoms with Crippen LogP contribution >= 0.6 is 0 Å². The zero-order chi connectivity index (χ0) is 9.68. The molecule has 0 radical (unpaired) electrons. The average Bonchev–Trinajstić information content (AvgIpc) is 2.56. The second-order valence-corrected chi connectivity index (χ2v) is 3.26. The summed E-state index contributed by atoms with van der Waals surface area (Å²) >= 11 is 0. The lowest BCUT2D eigenvalue weighted by molar-refractivity contribution is -0.139. The van der Waals surface area contributed by atoms with Gasteiger partial charge < -0.3 is 4.74 Å². The van der Waals surface area contributed by atoms with Crippen molar-refractivity contribution in [1.82, 2.24) is 0 Å². The van der Waals surface area contributed by atoms with E-state index in [1.807, 2.05) is 0 Å². The molecule has 1 fully saturated rings. The number of ether oxygens (including phenoxy) is 1. The van der Waals surface area contributed by atoms with E-state index in [4.69, 9.17) is 11.2 Å². The van der Waals surface area contributed by atoms with E-state index in [0.29, 0.717) is 0 Å². The van der Waals surface area contributed by atoms with Gasteiger partial charge in [-0.3, -0.25) is 0 Å². The quantitative estimate of drug-likeness (QED) is 0.367. The van der Waals surface area contributed by atoms with Gasteiger partial charge in [0.15, 0.2) is 6.10 Å². The topological polar surface area (TPSA) is 26.3 Å². The second kappa shape index (κ2) is 4.71. The standard InChI is InChI=1S/C11H14O2/c1-3-9(2)13-11(12)8-10-6-4-5-7-10/h1,8-9H,4-7H2,2H3. The fraction of sp³-hybridized carbons (Fsp3) is 0.545. The Labute approximate surface area is 79.0 Å². The molecule has 0 spiro atoms. The maximum Gasteiger partial charge on any atom is 0.331 e. The molecule has 0 N–H and O–H groups in total. The van der Waals surface area contributed by atoms with Crippen LogP contribution in [0.1, 0.15) is 32.6 Å². The summed E-state index contributed by atoms with van der Waals surface area (Å²) in [4.78, 5) is 11.2.